The van der Waals surface area contributed by atoms with E-state index in [0.717, 1.165) is 32.1 Å². The molecule has 0 spiro atoms. The fraction of sp³-hybridized carbons (Fsp3) is 0.789. The van der Waals surface area contributed by atoms with Gasteiger partial charge in [-0.2, -0.15) is 0 Å². The summed E-state index contributed by atoms with van der Waals surface area (Å²) in [6.45, 7) is 4.43. The zero-order valence-electron chi connectivity index (χ0n) is 13.6. The van der Waals surface area contributed by atoms with Gasteiger partial charge in [-0.25, -0.2) is 0 Å². The molecule has 4 aliphatic carbocycles. The normalized spacial score (nSPS) is 54.0. The largest absolute Gasteiger partial charge is 0.393 e. The van der Waals surface area contributed by atoms with E-state index in [1.54, 1.807) is 0 Å². The first-order valence-corrected chi connectivity index (χ1v) is 8.81. The summed E-state index contributed by atoms with van der Waals surface area (Å²) in [6.07, 6.45) is 8.62. The SMILES string of the molecule is C[C@]12C[C@H](O)[C@@H]3C(=CC=C4C[C@@H](O)CC[C@]43C)[C@@H]1CC[C@H]2O. The van der Waals surface area contributed by atoms with Gasteiger partial charge in [0, 0.05) is 11.3 Å². The number of hydrogen-bond donors (Lipinski definition) is 3. The highest BCUT2D eigenvalue weighted by Crippen LogP contribution is 2.63. The van der Waals surface area contributed by atoms with Gasteiger partial charge in [-0.1, -0.05) is 37.1 Å². The van der Waals surface area contributed by atoms with Crippen molar-refractivity contribution in [1.82, 2.24) is 0 Å². The lowest BCUT2D eigenvalue weighted by atomic mass is 9.50. The summed E-state index contributed by atoms with van der Waals surface area (Å²) in [7, 11) is 0. The van der Waals surface area contributed by atoms with Crippen molar-refractivity contribution >= 4 is 0 Å². The monoisotopic (exact) mass is 304 g/mol. The lowest BCUT2D eigenvalue weighted by molar-refractivity contribution is -0.0675. The van der Waals surface area contributed by atoms with Crippen LogP contribution in [0.5, 0.6) is 0 Å². The Morgan fingerprint density at radius 2 is 1.82 bits per heavy atom. The van der Waals surface area contributed by atoms with Crippen LogP contribution in [0.1, 0.15) is 52.4 Å². The van der Waals surface area contributed by atoms with Crippen molar-refractivity contribution in [2.75, 3.05) is 0 Å². The lowest BCUT2D eigenvalue weighted by Crippen LogP contribution is -2.53. The molecule has 0 amide bonds. The number of fused-ring (bicyclic) bond motifs is 5. The predicted octanol–water partition coefficient (Wildman–Crippen LogP) is 2.56. The predicted molar refractivity (Wildman–Crippen MR) is 85.1 cm³/mol. The first kappa shape index (κ1) is 14.9. The fourth-order valence-electron chi connectivity index (χ4n) is 6.09. The molecular formula is C19H28O3. The van der Waals surface area contributed by atoms with Crippen molar-refractivity contribution in [3.05, 3.63) is 23.3 Å². The average Bonchev–Trinajstić information content (AvgIpc) is 2.75. The van der Waals surface area contributed by atoms with Crippen LogP contribution in [0.2, 0.25) is 0 Å². The minimum Gasteiger partial charge on any atom is -0.393 e. The van der Waals surface area contributed by atoms with E-state index >= 15 is 0 Å². The number of rotatable bonds is 0. The fourth-order valence-corrected chi connectivity index (χ4v) is 6.09. The Labute approximate surface area is 132 Å². The van der Waals surface area contributed by atoms with Gasteiger partial charge in [0.1, 0.15) is 0 Å². The van der Waals surface area contributed by atoms with Crippen LogP contribution in [-0.2, 0) is 0 Å². The molecule has 4 aliphatic rings. The molecule has 0 radical (unpaired) electrons. The smallest absolute Gasteiger partial charge is 0.0620 e. The average molecular weight is 304 g/mol. The van der Waals surface area contributed by atoms with E-state index in [9.17, 15) is 15.3 Å². The molecule has 0 bridgehead atoms. The summed E-state index contributed by atoms with van der Waals surface area (Å²) < 4.78 is 0. The van der Waals surface area contributed by atoms with E-state index in [1.165, 1.54) is 11.1 Å². The number of aliphatic hydroxyl groups is 3. The standard InChI is InChI=1S/C19H28O3/c1-18-8-7-12(20)9-11(18)3-4-13-14-5-6-16(22)19(14,2)10-15(21)17(13)18/h3-4,12,14-17,20-22H,5-10H2,1-2H3/t12-,14-,15-,16+,17-,18+,19-/m0/s1. The quantitative estimate of drug-likeness (QED) is 0.644. The van der Waals surface area contributed by atoms with Crippen LogP contribution in [-0.4, -0.2) is 33.6 Å². The molecule has 0 aromatic heterocycles. The molecule has 122 valence electrons. The molecule has 0 saturated heterocycles. The third kappa shape index (κ3) is 1.79. The number of aliphatic hydroxyl groups excluding tert-OH is 3. The second-order valence-electron chi connectivity index (χ2n) is 8.57. The van der Waals surface area contributed by atoms with Crippen molar-refractivity contribution in [3.8, 4) is 0 Å². The third-order valence-corrected chi connectivity index (χ3v) is 7.43. The van der Waals surface area contributed by atoms with Crippen LogP contribution in [0.3, 0.4) is 0 Å². The van der Waals surface area contributed by atoms with Gasteiger partial charge in [0.05, 0.1) is 18.3 Å². The zero-order valence-corrected chi connectivity index (χ0v) is 13.6. The van der Waals surface area contributed by atoms with Crippen molar-refractivity contribution in [1.29, 1.82) is 0 Å². The molecule has 3 fully saturated rings. The Bertz CT molecular complexity index is 551. The molecule has 22 heavy (non-hydrogen) atoms. The van der Waals surface area contributed by atoms with Crippen LogP contribution >= 0.6 is 0 Å². The van der Waals surface area contributed by atoms with Crippen molar-refractivity contribution in [2.45, 2.75) is 70.7 Å². The van der Waals surface area contributed by atoms with E-state index < -0.39 is 0 Å². The zero-order chi connectivity index (χ0) is 15.7. The Kier molecular flexibility index (Phi) is 3.18. The first-order valence-electron chi connectivity index (χ1n) is 8.81. The molecule has 0 aliphatic heterocycles. The van der Waals surface area contributed by atoms with E-state index in [4.69, 9.17) is 0 Å². The minimum absolute atomic E-state index is 0.0163. The summed E-state index contributed by atoms with van der Waals surface area (Å²) in [5.74, 6) is 0.570. The highest BCUT2D eigenvalue weighted by Gasteiger charge is 2.59. The van der Waals surface area contributed by atoms with Crippen LogP contribution in [0.15, 0.2) is 23.3 Å². The van der Waals surface area contributed by atoms with Gasteiger partial charge in [-0.3, -0.25) is 0 Å². The molecule has 0 aromatic carbocycles. The minimum atomic E-state index is -0.385. The molecule has 0 heterocycles. The second-order valence-corrected chi connectivity index (χ2v) is 8.57. The van der Waals surface area contributed by atoms with Gasteiger partial charge in [-0.05, 0) is 49.9 Å². The third-order valence-electron chi connectivity index (χ3n) is 7.43. The molecule has 7 atom stereocenters. The maximum atomic E-state index is 11.0. The molecule has 0 aromatic rings. The topological polar surface area (TPSA) is 60.7 Å². The Morgan fingerprint density at radius 3 is 2.59 bits per heavy atom. The molecule has 3 nitrogen and oxygen atoms in total. The van der Waals surface area contributed by atoms with Gasteiger partial charge in [0.25, 0.3) is 0 Å². The highest BCUT2D eigenvalue weighted by molar-refractivity contribution is 5.40. The Hall–Kier alpha value is -0.640. The summed E-state index contributed by atoms with van der Waals surface area (Å²) in [6, 6.07) is 0. The lowest BCUT2D eigenvalue weighted by Gasteiger charge is -2.56. The summed E-state index contributed by atoms with van der Waals surface area (Å²) in [5.41, 5.74) is 2.48. The van der Waals surface area contributed by atoms with Crippen LogP contribution < -0.4 is 0 Å². The van der Waals surface area contributed by atoms with Crippen LogP contribution in [0.4, 0.5) is 0 Å². The second kappa shape index (κ2) is 4.68. The Morgan fingerprint density at radius 1 is 1.05 bits per heavy atom. The van der Waals surface area contributed by atoms with Crippen LogP contribution in [0.25, 0.3) is 0 Å². The molecule has 3 heteroatoms. The van der Waals surface area contributed by atoms with Crippen molar-refractivity contribution < 1.29 is 15.3 Å². The highest BCUT2D eigenvalue weighted by atomic mass is 16.3. The van der Waals surface area contributed by atoms with Crippen LogP contribution in [0, 0.1) is 22.7 Å². The molecule has 4 rings (SSSR count). The molecule has 3 N–H and O–H groups in total. The van der Waals surface area contributed by atoms with Gasteiger partial charge in [0.2, 0.25) is 0 Å². The summed E-state index contributed by atoms with van der Waals surface area (Å²) in [4.78, 5) is 0. The van der Waals surface area contributed by atoms with Gasteiger partial charge < -0.3 is 15.3 Å². The number of hydrogen-bond acceptors (Lipinski definition) is 3. The summed E-state index contributed by atoms with van der Waals surface area (Å²) >= 11 is 0. The van der Waals surface area contributed by atoms with E-state index in [1.807, 2.05) is 0 Å². The first-order chi connectivity index (χ1) is 10.4. The van der Waals surface area contributed by atoms with E-state index in [0.29, 0.717) is 12.3 Å². The van der Waals surface area contributed by atoms with E-state index in [2.05, 4.69) is 26.0 Å². The van der Waals surface area contributed by atoms with Gasteiger partial charge in [-0.15, -0.1) is 0 Å². The van der Waals surface area contributed by atoms with Crippen molar-refractivity contribution in [2.24, 2.45) is 22.7 Å². The molecule has 3 saturated carbocycles. The van der Waals surface area contributed by atoms with Gasteiger partial charge >= 0.3 is 0 Å². The number of allylic oxidation sites excluding steroid dienone is 2. The maximum absolute atomic E-state index is 11.0. The molecule has 0 unspecified atom stereocenters. The maximum Gasteiger partial charge on any atom is 0.0620 e. The molecular weight excluding hydrogens is 276 g/mol. The van der Waals surface area contributed by atoms with Crippen molar-refractivity contribution in [3.63, 3.8) is 0 Å². The van der Waals surface area contributed by atoms with Gasteiger partial charge in [0.15, 0.2) is 0 Å². The Balaban J connectivity index is 1.78. The van der Waals surface area contributed by atoms with E-state index in [-0.39, 0.29) is 35.1 Å². The summed E-state index contributed by atoms with van der Waals surface area (Å²) in [5, 5.41) is 31.4.